The third-order valence-electron chi connectivity index (χ3n) is 4.98. The van der Waals surface area contributed by atoms with Gasteiger partial charge in [-0.05, 0) is 45.8 Å². The van der Waals surface area contributed by atoms with E-state index in [0.717, 1.165) is 32.0 Å². The van der Waals surface area contributed by atoms with Gasteiger partial charge < -0.3 is 20.0 Å². The molecule has 0 spiro atoms. The minimum absolute atomic E-state index is 0. The molecule has 0 bridgehead atoms. The van der Waals surface area contributed by atoms with Gasteiger partial charge in [0, 0.05) is 52.9 Å². The van der Waals surface area contributed by atoms with Crippen LogP contribution >= 0.6 is 24.0 Å². The molecule has 1 aromatic rings. The number of piperazine rings is 1. The van der Waals surface area contributed by atoms with Crippen molar-refractivity contribution in [3.05, 3.63) is 35.4 Å². The Labute approximate surface area is 183 Å². The van der Waals surface area contributed by atoms with Gasteiger partial charge >= 0.3 is 0 Å². The monoisotopic (exact) mass is 487 g/mol. The van der Waals surface area contributed by atoms with Crippen LogP contribution in [0.1, 0.15) is 30.9 Å². The van der Waals surface area contributed by atoms with E-state index in [-0.39, 0.29) is 24.0 Å². The molecule has 27 heavy (non-hydrogen) atoms. The van der Waals surface area contributed by atoms with Crippen molar-refractivity contribution in [3.8, 4) is 0 Å². The maximum Gasteiger partial charge on any atom is 0.193 e. The molecule has 6 heteroatoms. The van der Waals surface area contributed by atoms with Crippen LogP contribution in [0.25, 0.3) is 0 Å². The molecule has 1 aliphatic rings. The Morgan fingerprint density at radius 3 is 2.41 bits per heavy atom. The molecule has 0 aromatic heterocycles. The quantitative estimate of drug-likeness (QED) is 0.265. The van der Waals surface area contributed by atoms with Crippen molar-refractivity contribution < 1.29 is 0 Å². The molecule has 0 amide bonds. The van der Waals surface area contributed by atoms with Gasteiger partial charge in [0.25, 0.3) is 0 Å². The lowest BCUT2D eigenvalue weighted by atomic mass is 10.1. The number of guanidine groups is 1. The largest absolute Gasteiger partial charge is 0.357 e. The van der Waals surface area contributed by atoms with Crippen LogP contribution in [-0.4, -0.2) is 80.6 Å². The maximum absolute atomic E-state index is 4.83. The molecule has 0 aliphatic carbocycles. The standard InChI is InChI=1S/C21H37N5.HI/c1-5-22-21(25(4)18-20-10-8-19(2)9-11-20)23-12-6-7-13-26-16-14-24(3)15-17-26;/h8-11H,5-7,12-18H2,1-4H3,(H,22,23);1H. The number of benzene rings is 1. The molecule has 0 unspecified atom stereocenters. The third-order valence-corrected chi connectivity index (χ3v) is 4.98. The first-order valence-corrected chi connectivity index (χ1v) is 10.0. The summed E-state index contributed by atoms with van der Waals surface area (Å²) in [4.78, 5) is 12.0. The van der Waals surface area contributed by atoms with Gasteiger partial charge in [0.2, 0.25) is 0 Å². The third kappa shape index (κ3) is 9.25. The second kappa shape index (κ2) is 13.3. The zero-order valence-corrected chi connectivity index (χ0v) is 19.9. The van der Waals surface area contributed by atoms with E-state index in [2.05, 4.69) is 72.2 Å². The highest BCUT2D eigenvalue weighted by Gasteiger charge is 2.12. The predicted molar refractivity (Wildman–Crippen MR) is 127 cm³/mol. The number of hydrogen-bond acceptors (Lipinski definition) is 3. The van der Waals surface area contributed by atoms with E-state index in [4.69, 9.17) is 4.99 Å². The van der Waals surface area contributed by atoms with Crippen molar-refractivity contribution in [2.75, 3.05) is 59.9 Å². The predicted octanol–water partition coefficient (Wildman–Crippen LogP) is 3.04. The average Bonchev–Trinajstić information content (AvgIpc) is 2.64. The van der Waals surface area contributed by atoms with E-state index in [1.807, 2.05) is 0 Å². The summed E-state index contributed by atoms with van der Waals surface area (Å²) in [6.07, 6.45) is 2.38. The van der Waals surface area contributed by atoms with Gasteiger partial charge in [0.15, 0.2) is 5.96 Å². The summed E-state index contributed by atoms with van der Waals surface area (Å²) in [5.74, 6) is 1.01. The lowest BCUT2D eigenvalue weighted by molar-refractivity contribution is 0.152. The minimum Gasteiger partial charge on any atom is -0.357 e. The molecule has 5 nitrogen and oxygen atoms in total. The van der Waals surface area contributed by atoms with Gasteiger partial charge in [0.05, 0.1) is 0 Å². The van der Waals surface area contributed by atoms with Crippen LogP contribution in [0.3, 0.4) is 0 Å². The topological polar surface area (TPSA) is 34.1 Å². The number of halogens is 1. The fraction of sp³-hybridized carbons (Fsp3) is 0.667. The SMILES string of the molecule is CCNC(=NCCCCN1CCN(C)CC1)N(C)Cc1ccc(C)cc1.I. The van der Waals surface area contributed by atoms with E-state index in [9.17, 15) is 0 Å². The summed E-state index contributed by atoms with van der Waals surface area (Å²) >= 11 is 0. The first-order valence-electron chi connectivity index (χ1n) is 10.0. The molecule has 1 aromatic carbocycles. The molecule has 154 valence electrons. The van der Waals surface area contributed by atoms with Crippen LogP contribution < -0.4 is 5.32 Å². The van der Waals surface area contributed by atoms with Gasteiger partial charge in [-0.15, -0.1) is 24.0 Å². The van der Waals surface area contributed by atoms with Crippen molar-refractivity contribution in [1.29, 1.82) is 0 Å². The Balaban J connectivity index is 0.00000364. The van der Waals surface area contributed by atoms with Crippen LogP contribution in [0.4, 0.5) is 0 Å². The molecule has 2 rings (SSSR count). The fourth-order valence-electron chi connectivity index (χ4n) is 3.22. The van der Waals surface area contributed by atoms with E-state index in [1.54, 1.807) is 0 Å². The lowest BCUT2D eigenvalue weighted by Gasteiger charge is -2.32. The molecule has 0 atom stereocenters. The number of nitrogens with one attached hydrogen (secondary N) is 1. The first-order chi connectivity index (χ1) is 12.6. The molecule has 1 fully saturated rings. The van der Waals surface area contributed by atoms with Crippen molar-refractivity contribution >= 4 is 29.9 Å². The molecule has 1 heterocycles. The molecule has 0 radical (unpaired) electrons. The fourth-order valence-corrected chi connectivity index (χ4v) is 3.22. The summed E-state index contributed by atoms with van der Waals surface area (Å²) in [6, 6.07) is 8.74. The van der Waals surface area contributed by atoms with Gasteiger partial charge in [-0.3, -0.25) is 4.99 Å². The Kier molecular flexibility index (Phi) is 11.9. The van der Waals surface area contributed by atoms with Gasteiger partial charge in [-0.2, -0.15) is 0 Å². The highest BCUT2D eigenvalue weighted by molar-refractivity contribution is 14.0. The normalized spacial score (nSPS) is 16.1. The van der Waals surface area contributed by atoms with Crippen LogP contribution in [-0.2, 0) is 6.54 Å². The Morgan fingerprint density at radius 2 is 1.78 bits per heavy atom. The highest BCUT2D eigenvalue weighted by atomic mass is 127. The smallest absolute Gasteiger partial charge is 0.193 e. The number of aliphatic imine (C=N–C) groups is 1. The maximum atomic E-state index is 4.83. The van der Waals surface area contributed by atoms with Crippen LogP contribution in [0, 0.1) is 6.92 Å². The van der Waals surface area contributed by atoms with Crippen molar-refractivity contribution in [2.24, 2.45) is 4.99 Å². The van der Waals surface area contributed by atoms with Gasteiger partial charge in [0.1, 0.15) is 0 Å². The van der Waals surface area contributed by atoms with Gasteiger partial charge in [-0.1, -0.05) is 29.8 Å². The zero-order valence-electron chi connectivity index (χ0n) is 17.6. The van der Waals surface area contributed by atoms with E-state index in [1.165, 1.54) is 50.3 Å². The Hall–Kier alpha value is -0.860. The average molecular weight is 487 g/mol. The summed E-state index contributed by atoms with van der Waals surface area (Å²) in [5, 5.41) is 3.42. The second-order valence-electron chi connectivity index (χ2n) is 7.43. The molecule has 0 saturated carbocycles. The Morgan fingerprint density at radius 1 is 1.11 bits per heavy atom. The van der Waals surface area contributed by atoms with E-state index >= 15 is 0 Å². The summed E-state index contributed by atoms with van der Waals surface area (Å²) in [7, 11) is 4.33. The minimum atomic E-state index is 0. The van der Waals surface area contributed by atoms with Crippen LogP contribution in [0.15, 0.2) is 29.3 Å². The Bertz CT molecular complexity index is 538. The number of nitrogens with zero attached hydrogens (tertiary/aromatic N) is 4. The van der Waals surface area contributed by atoms with Gasteiger partial charge in [-0.25, -0.2) is 0 Å². The van der Waals surface area contributed by atoms with E-state index in [0.29, 0.717) is 0 Å². The van der Waals surface area contributed by atoms with Crippen molar-refractivity contribution in [2.45, 2.75) is 33.2 Å². The zero-order chi connectivity index (χ0) is 18.8. The number of unbranched alkanes of at least 4 members (excludes halogenated alkanes) is 1. The first kappa shape index (κ1) is 24.2. The van der Waals surface area contributed by atoms with Crippen molar-refractivity contribution in [1.82, 2.24) is 20.0 Å². The molecule has 1 saturated heterocycles. The van der Waals surface area contributed by atoms with Crippen molar-refractivity contribution in [3.63, 3.8) is 0 Å². The number of likely N-dealkylation sites (N-methyl/N-ethyl adjacent to an activating group) is 1. The lowest BCUT2D eigenvalue weighted by Crippen LogP contribution is -2.44. The summed E-state index contributed by atoms with van der Waals surface area (Å²) < 4.78 is 0. The molecule has 1 aliphatic heterocycles. The highest BCUT2D eigenvalue weighted by Crippen LogP contribution is 2.06. The molecular weight excluding hydrogens is 449 g/mol. The van der Waals surface area contributed by atoms with Crippen LogP contribution in [0.5, 0.6) is 0 Å². The molecular formula is C21H38IN5. The summed E-state index contributed by atoms with van der Waals surface area (Å²) in [6.45, 7) is 13.0. The number of rotatable bonds is 8. The second-order valence-corrected chi connectivity index (χ2v) is 7.43. The number of aryl methyl sites for hydroxylation is 1. The summed E-state index contributed by atoms with van der Waals surface area (Å²) in [5.41, 5.74) is 2.62. The number of hydrogen-bond donors (Lipinski definition) is 1. The van der Waals surface area contributed by atoms with Crippen LogP contribution in [0.2, 0.25) is 0 Å². The molecule has 1 N–H and O–H groups in total. The van der Waals surface area contributed by atoms with E-state index < -0.39 is 0 Å².